The molecule has 0 fully saturated rings. The molecule has 2 rings (SSSR count). The minimum atomic E-state index is -0.231. The van der Waals surface area contributed by atoms with E-state index in [1.54, 1.807) is 30.3 Å². The Morgan fingerprint density at radius 1 is 1.09 bits per heavy atom. The molecular weight excluding hydrogens is 314 g/mol. The molecule has 0 radical (unpaired) electrons. The molecular formula is C18H20ClNO3. The van der Waals surface area contributed by atoms with Gasteiger partial charge in [0.1, 0.15) is 11.5 Å². The lowest BCUT2D eigenvalue weighted by molar-refractivity contribution is -0.118. The van der Waals surface area contributed by atoms with Crippen LogP contribution >= 0.6 is 11.6 Å². The zero-order valence-corrected chi connectivity index (χ0v) is 13.8. The number of benzene rings is 2. The smallest absolute Gasteiger partial charge is 0.262 e. The first-order valence-corrected chi connectivity index (χ1v) is 7.96. The molecule has 0 aliphatic rings. The number of carbonyl (C=O) groups is 1. The minimum absolute atomic E-state index is 0.0669. The maximum Gasteiger partial charge on any atom is 0.262 e. The SMILES string of the molecule is CCCCOc1cccc(NC(=O)COc2ccc(Cl)cc2)c1. The van der Waals surface area contributed by atoms with Gasteiger partial charge >= 0.3 is 0 Å². The van der Waals surface area contributed by atoms with E-state index in [4.69, 9.17) is 21.1 Å². The van der Waals surface area contributed by atoms with E-state index >= 15 is 0 Å². The third-order valence-electron chi connectivity index (χ3n) is 3.07. The van der Waals surface area contributed by atoms with Crippen LogP contribution in [-0.4, -0.2) is 19.1 Å². The number of hydrogen-bond donors (Lipinski definition) is 1. The van der Waals surface area contributed by atoms with Crippen molar-refractivity contribution in [3.63, 3.8) is 0 Å². The third-order valence-corrected chi connectivity index (χ3v) is 3.32. The van der Waals surface area contributed by atoms with E-state index in [0.717, 1.165) is 18.6 Å². The highest BCUT2D eigenvalue weighted by Gasteiger charge is 2.05. The third kappa shape index (κ3) is 6.20. The van der Waals surface area contributed by atoms with Crippen LogP contribution in [0.5, 0.6) is 11.5 Å². The van der Waals surface area contributed by atoms with Gasteiger partial charge in [-0.15, -0.1) is 0 Å². The van der Waals surface area contributed by atoms with Crippen LogP contribution in [0.15, 0.2) is 48.5 Å². The van der Waals surface area contributed by atoms with Crippen molar-refractivity contribution in [2.75, 3.05) is 18.5 Å². The topological polar surface area (TPSA) is 47.6 Å². The first kappa shape index (κ1) is 17.2. The van der Waals surface area contributed by atoms with Gasteiger partial charge in [-0.2, -0.15) is 0 Å². The van der Waals surface area contributed by atoms with Crippen LogP contribution in [0.1, 0.15) is 19.8 Å². The zero-order chi connectivity index (χ0) is 16.5. The second kappa shape index (κ2) is 9.06. The van der Waals surface area contributed by atoms with Crippen molar-refractivity contribution in [1.82, 2.24) is 0 Å². The summed E-state index contributed by atoms with van der Waals surface area (Å²) in [5.41, 5.74) is 0.684. The van der Waals surface area contributed by atoms with Gasteiger partial charge in [-0.1, -0.05) is 31.0 Å². The van der Waals surface area contributed by atoms with Crippen molar-refractivity contribution in [3.05, 3.63) is 53.6 Å². The molecule has 4 nitrogen and oxygen atoms in total. The Morgan fingerprint density at radius 3 is 2.61 bits per heavy atom. The maximum absolute atomic E-state index is 11.9. The van der Waals surface area contributed by atoms with Crippen molar-refractivity contribution in [3.8, 4) is 11.5 Å². The fourth-order valence-corrected chi connectivity index (χ4v) is 2.00. The van der Waals surface area contributed by atoms with Crippen molar-refractivity contribution < 1.29 is 14.3 Å². The van der Waals surface area contributed by atoms with E-state index in [1.807, 2.05) is 18.2 Å². The molecule has 0 aromatic heterocycles. The van der Waals surface area contributed by atoms with Crippen LogP contribution in [0.4, 0.5) is 5.69 Å². The second-order valence-electron chi connectivity index (χ2n) is 5.02. The van der Waals surface area contributed by atoms with Crippen LogP contribution in [-0.2, 0) is 4.79 Å². The summed E-state index contributed by atoms with van der Waals surface area (Å²) >= 11 is 5.80. The van der Waals surface area contributed by atoms with Crippen LogP contribution in [0.3, 0.4) is 0 Å². The number of carbonyl (C=O) groups excluding carboxylic acids is 1. The molecule has 2 aromatic rings. The molecule has 1 N–H and O–H groups in total. The number of unbranched alkanes of at least 4 members (excludes halogenated alkanes) is 1. The zero-order valence-electron chi connectivity index (χ0n) is 13.0. The highest BCUT2D eigenvalue weighted by Crippen LogP contribution is 2.18. The van der Waals surface area contributed by atoms with Gasteiger partial charge in [0.2, 0.25) is 0 Å². The van der Waals surface area contributed by atoms with Crippen molar-refractivity contribution in [1.29, 1.82) is 0 Å². The maximum atomic E-state index is 11.9. The summed E-state index contributed by atoms with van der Waals surface area (Å²) < 4.78 is 11.0. The molecule has 0 saturated heterocycles. The fraction of sp³-hybridized carbons (Fsp3) is 0.278. The first-order chi connectivity index (χ1) is 11.2. The van der Waals surface area contributed by atoms with Crippen LogP contribution in [0, 0.1) is 0 Å². The molecule has 122 valence electrons. The van der Waals surface area contributed by atoms with Gasteiger partial charge in [0, 0.05) is 16.8 Å². The molecule has 0 saturated carbocycles. The molecule has 0 spiro atoms. The number of hydrogen-bond acceptors (Lipinski definition) is 3. The Hall–Kier alpha value is -2.20. The Kier molecular flexibility index (Phi) is 6.76. The number of nitrogens with one attached hydrogen (secondary N) is 1. The lowest BCUT2D eigenvalue weighted by atomic mass is 10.3. The summed E-state index contributed by atoms with van der Waals surface area (Å²) in [7, 11) is 0. The van der Waals surface area contributed by atoms with Crippen molar-refractivity contribution >= 4 is 23.2 Å². The van der Waals surface area contributed by atoms with E-state index in [9.17, 15) is 4.79 Å². The van der Waals surface area contributed by atoms with E-state index in [0.29, 0.717) is 23.1 Å². The normalized spacial score (nSPS) is 10.2. The lowest BCUT2D eigenvalue weighted by Crippen LogP contribution is -2.20. The average Bonchev–Trinajstić information content (AvgIpc) is 2.55. The number of halogens is 1. The highest BCUT2D eigenvalue weighted by atomic mass is 35.5. The van der Waals surface area contributed by atoms with Gasteiger partial charge in [0.15, 0.2) is 6.61 Å². The largest absolute Gasteiger partial charge is 0.494 e. The van der Waals surface area contributed by atoms with Crippen molar-refractivity contribution in [2.24, 2.45) is 0 Å². The monoisotopic (exact) mass is 333 g/mol. The Balaban J connectivity index is 1.82. The molecule has 0 aliphatic carbocycles. The Bertz CT molecular complexity index is 628. The summed E-state index contributed by atoms with van der Waals surface area (Å²) in [6.45, 7) is 2.72. The molecule has 1 amide bonds. The average molecular weight is 334 g/mol. The van der Waals surface area contributed by atoms with Crippen LogP contribution in [0.2, 0.25) is 5.02 Å². The number of ether oxygens (including phenoxy) is 2. The van der Waals surface area contributed by atoms with Crippen LogP contribution < -0.4 is 14.8 Å². The molecule has 0 aliphatic heterocycles. The molecule has 0 unspecified atom stereocenters. The molecule has 0 heterocycles. The van der Waals surface area contributed by atoms with Gasteiger partial charge in [-0.25, -0.2) is 0 Å². The predicted octanol–water partition coefficient (Wildman–Crippen LogP) is 4.54. The molecule has 0 bridgehead atoms. The Morgan fingerprint density at radius 2 is 1.87 bits per heavy atom. The fourth-order valence-electron chi connectivity index (χ4n) is 1.87. The van der Waals surface area contributed by atoms with E-state index in [-0.39, 0.29) is 12.5 Å². The number of anilines is 1. The predicted molar refractivity (Wildman–Crippen MR) is 92.4 cm³/mol. The van der Waals surface area contributed by atoms with Gasteiger partial charge in [0.25, 0.3) is 5.91 Å². The molecule has 2 aromatic carbocycles. The number of rotatable bonds is 8. The molecule has 0 atom stereocenters. The standard InChI is InChI=1S/C18H20ClNO3/c1-2-3-11-22-17-6-4-5-15(12-17)20-18(21)13-23-16-9-7-14(19)8-10-16/h4-10,12H,2-3,11,13H2,1H3,(H,20,21). The van der Waals surface area contributed by atoms with Gasteiger partial charge in [-0.05, 0) is 42.8 Å². The van der Waals surface area contributed by atoms with Crippen LogP contribution in [0.25, 0.3) is 0 Å². The van der Waals surface area contributed by atoms with Gasteiger partial charge < -0.3 is 14.8 Å². The van der Waals surface area contributed by atoms with E-state index in [1.165, 1.54) is 0 Å². The minimum Gasteiger partial charge on any atom is -0.494 e. The summed E-state index contributed by atoms with van der Waals surface area (Å²) in [6, 6.07) is 14.2. The first-order valence-electron chi connectivity index (χ1n) is 7.58. The van der Waals surface area contributed by atoms with E-state index < -0.39 is 0 Å². The van der Waals surface area contributed by atoms with Gasteiger partial charge in [-0.3, -0.25) is 4.79 Å². The van der Waals surface area contributed by atoms with E-state index in [2.05, 4.69) is 12.2 Å². The molecule has 23 heavy (non-hydrogen) atoms. The quantitative estimate of drug-likeness (QED) is 0.722. The van der Waals surface area contributed by atoms with Gasteiger partial charge in [0.05, 0.1) is 6.61 Å². The van der Waals surface area contributed by atoms with Crippen molar-refractivity contribution in [2.45, 2.75) is 19.8 Å². The highest BCUT2D eigenvalue weighted by molar-refractivity contribution is 6.30. The second-order valence-corrected chi connectivity index (χ2v) is 5.46. The lowest BCUT2D eigenvalue weighted by Gasteiger charge is -2.10. The summed E-state index contributed by atoms with van der Waals surface area (Å²) in [5, 5.41) is 3.41. The Labute approximate surface area is 141 Å². The summed E-state index contributed by atoms with van der Waals surface area (Å²) in [4.78, 5) is 11.9. The summed E-state index contributed by atoms with van der Waals surface area (Å²) in [5.74, 6) is 1.11. The summed E-state index contributed by atoms with van der Waals surface area (Å²) in [6.07, 6.45) is 2.09. The number of amides is 1. The molecule has 5 heteroatoms.